The van der Waals surface area contributed by atoms with E-state index in [4.69, 9.17) is 9.79 Å². The molecule has 25 heavy (non-hydrogen) atoms. The summed E-state index contributed by atoms with van der Waals surface area (Å²) < 4.78 is 29.1. The van der Waals surface area contributed by atoms with Crippen molar-refractivity contribution in [1.82, 2.24) is 0 Å². The molecule has 0 aromatic heterocycles. The molecule has 0 saturated heterocycles. The molecule has 0 radical (unpaired) electrons. The molecule has 6 nitrogen and oxygen atoms in total. The molecule has 0 spiro atoms. The summed E-state index contributed by atoms with van der Waals surface area (Å²) in [7, 11) is -4.76. The van der Waals surface area contributed by atoms with Crippen LogP contribution in [0.4, 0.5) is 0 Å². The molecule has 0 bridgehead atoms. The topological polar surface area (TPSA) is 93.1 Å². The maximum absolute atomic E-state index is 10.1. The fraction of sp³-hybridized carbons (Fsp3) is 1.00. The third-order valence-corrected chi connectivity index (χ3v) is 4.21. The van der Waals surface area contributed by atoms with Gasteiger partial charge in [0.15, 0.2) is 0 Å². The molecule has 0 saturated carbocycles. The van der Waals surface area contributed by atoms with Crippen molar-refractivity contribution in [3.8, 4) is 0 Å². The van der Waals surface area contributed by atoms with Crippen molar-refractivity contribution < 1.29 is 47.4 Å². The van der Waals surface area contributed by atoms with Gasteiger partial charge in [-0.25, -0.2) is 0 Å². The molecule has 0 rings (SSSR count). The van der Waals surface area contributed by atoms with Crippen LogP contribution in [-0.2, 0) is 37.7 Å². The van der Waals surface area contributed by atoms with Crippen LogP contribution >= 0.6 is 16.5 Å². The number of hydrogen-bond acceptors (Lipinski definition) is 4. The molecule has 0 heterocycles. The van der Waals surface area contributed by atoms with Crippen molar-refractivity contribution >= 4 is 16.5 Å². The normalized spacial score (nSPS) is 11.2. The van der Waals surface area contributed by atoms with Crippen molar-refractivity contribution in [2.24, 2.45) is 0 Å². The Labute approximate surface area is 168 Å². The van der Waals surface area contributed by atoms with Crippen LogP contribution in [-0.4, -0.2) is 23.0 Å². The minimum Gasteiger partial charge on any atom is -0.133 e. The average molecular weight is 452 g/mol. The summed E-state index contributed by atoms with van der Waals surface area (Å²) in [5.41, 5.74) is 0. The number of hydrogen-bond donors (Lipinski definition) is 2. The molecule has 0 amide bonds. The van der Waals surface area contributed by atoms with Crippen molar-refractivity contribution in [1.29, 1.82) is 0 Å². The van der Waals surface area contributed by atoms with E-state index in [2.05, 4.69) is 22.9 Å². The molecule has 0 aliphatic heterocycles. The molecule has 0 aliphatic rings. The SMILES string of the molecule is CCCCCCCCO[P+](=O)O.CCCCCCCCO[P+](=O)O.[Zn]. The van der Waals surface area contributed by atoms with Crippen LogP contribution in [0.1, 0.15) is 90.9 Å². The third-order valence-electron chi connectivity index (χ3n) is 3.40. The van der Waals surface area contributed by atoms with Gasteiger partial charge in [0.25, 0.3) is 0 Å². The van der Waals surface area contributed by atoms with E-state index in [1.54, 1.807) is 0 Å². The Kier molecular flexibility index (Phi) is 32.7. The van der Waals surface area contributed by atoms with Gasteiger partial charge in [0, 0.05) is 28.6 Å². The maximum Gasteiger partial charge on any atom is 0.694 e. The van der Waals surface area contributed by atoms with Gasteiger partial charge in [-0.3, -0.25) is 0 Å². The van der Waals surface area contributed by atoms with Crippen LogP contribution in [0.3, 0.4) is 0 Å². The smallest absolute Gasteiger partial charge is 0.133 e. The van der Waals surface area contributed by atoms with Crippen molar-refractivity contribution in [2.75, 3.05) is 13.2 Å². The molecule has 2 N–H and O–H groups in total. The molecule has 0 aliphatic carbocycles. The van der Waals surface area contributed by atoms with Crippen LogP contribution in [0.25, 0.3) is 0 Å². The summed E-state index contributed by atoms with van der Waals surface area (Å²) in [6.45, 7) is 5.19. The largest absolute Gasteiger partial charge is 0.694 e. The van der Waals surface area contributed by atoms with Crippen LogP contribution in [0.15, 0.2) is 0 Å². The third kappa shape index (κ3) is 36.4. The number of rotatable bonds is 16. The zero-order chi connectivity index (χ0) is 18.5. The standard InChI is InChI=1S/2C8H17O3P.Zn/c2*1-2-3-4-5-6-7-8-11-12(9)10;/h2*2-8H2,1H3;/p+2. The first-order chi connectivity index (χ1) is 11.5. The van der Waals surface area contributed by atoms with Crippen molar-refractivity contribution in [3.63, 3.8) is 0 Å². The van der Waals surface area contributed by atoms with E-state index in [9.17, 15) is 9.13 Å². The second-order valence-electron chi connectivity index (χ2n) is 5.68. The van der Waals surface area contributed by atoms with Crippen LogP contribution in [0, 0.1) is 0 Å². The van der Waals surface area contributed by atoms with E-state index in [-0.39, 0.29) is 19.5 Å². The molecule has 2 atom stereocenters. The molecular formula is C16H36O6P2Zn+2. The minimum absolute atomic E-state index is 0. The minimum atomic E-state index is -2.38. The van der Waals surface area contributed by atoms with Gasteiger partial charge in [-0.05, 0) is 12.8 Å². The van der Waals surface area contributed by atoms with Crippen LogP contribution in [0.5, 0.6) is 0 Å². The van der Waals surface area contributed by atoms with Gasteiger partial charge < -0.3 is 0 Å². The Morgan fingerprint density at radius 3 is 1.16 bits per heavy atom. The Morgan fingerprint density at radius 2 is 0.880 bits per heavy atom. The first kappa shape index (κ1) is 30.4. The predicted molar refractivity (Wildman–Crippen MR) is 98.3 cm³/mol. The van der Waals surface area contributed by atoms with E-state index in [1.165, 1.54) is 51.4 Å². The van der Waals surface area contributed by atoms with Crippen molar-refractivity contribution in [2.45, 2.75) is 90.9 Å². The van der Waals surface area contributed by atoms with Gasteiger partial charge >= 0.3 is 16.5 Å². The quantitative estimate of drug-likeness (QED) is 0.169. The summed E-state index contributed by atoms with van der Waals surface area (Å²) in [5, 5.41) is 0. The molecule has 2 unspecified atom stereocenters. The van der Waals surface area contributed by atoms with E-state index >= 15 is 0 Å². The van der Waals surface area contributed by atoms with Gasteiger partial charge in [-0.15, -0.1) is 18.8 Å². The number of unbranched alkanes of at least 4 members (excludes halogenated alkanes) is 10. The van der Waals surface area contributed by atoms with Gasteiger partial charge in [0.05, 0.1) is 0 Å². The molecule has 0 aromatic carbocycles. The van der Waals surface area contributed by atoms with Crippen LogP contribution in [0.2, 0.25) is 0 Å². The Morgan fingerprint density at radius 1 is 0.600 bits per heavy atom. The predicted octanol–water partition coefficient (Wildman–Crippen LogP) is 6.02. The van der Waals surface area contributed by atoms with Crippen molar-refractivity contribution in [3.05, 3.63) is 0 Å². The van der Waals surface area contributed by atoms with Gasteiger partial charge in [0.2, 0.25) is 0 Å². The summed E-state index contributed by atoms with van der Waals surface area (Å²) in [6.07, 6.45) is 14.0. The average Bonchev–Trinajstić information content (AvgIpc) is 2.53. The molecule has 9 heteroatoms. The zero-order valence-corrected chi connectivity index (χ0v) is 20.8. The summed E-state index contributed by atoms with van der Waals surface area (Å²) in [5.74, 6) is 0. The summed E-state index contributed by atoms with van der Waals surface area (Å²) >= 11 is 0. The summed E-state index contributed by atoms with van der Waals surface area (Å²) in [4.78, 5) is 16.6. The first-order valence-electron chi connectivity index (χ1n) is 9.12. The van der Waals surface area contributed by atoms with Gasteiger partial charge in [-0.1, -0.05) is 78.1 Å². The fourth-order valence-electron chi connectivity index (χ4n) is 2.05. The van der Waals surface area contributed by atoms with Crippen LogP contribution < -0.4 is 0 Å². The van der Waals surface area contributed by atoms with E-state index in [1.807, 2.05) is 0 Å². The maximum atomic E-state index is 10.1. The second-order valence-corrected chi connectivity index (χ2v) is 7.15. The van der Waals surface area contributed by atoms with Gasteiger partial charge in [-0.2, -0.15) is 0 Å². The Hall–Kier alpha value is 0.663. The second kappa shape index (κ2) is 26.9. The first-order valence-corrected chi connectivity index (χ1v) is 11.4. The fourth-order valence-corrected chi connectivity index (χ4v) is 2.62. The Bertz CT molecular complexity index is 268. The van der Waals surface area contributed by atoms with Gasteiger partial charge in [0.1, 0.15) is 13.2 Å². The molecule has 0 aromatic rings. The molecule has 0 fully saturated rings. The molecular weight excluding hydrogens is 416 g/mol. The zero-order valence-electron chi connectivity index (χ0n) is 16.0. The summed E-state index contributed by atoms with van der Waals surface area (Å²) in [6, 6.07) is 0. The van der Waals surface area contributed by atoms with E-state index in [0.29, 0.717) is 13.2 Å². The molecule has 146 valence electrons. The monoisotopic (exact) mass is 450 g/mol. The van der Waals surface area contributed by atoms with E-state index < -0.39 is 16.5 Å². The van der Waals surface area contributed by atoms with E-state index in [0.717, 1.165) is 25.7 Å². The Balaban J connectivity index is -0.000000372.